The summed E-state index contributed by atoms with van der Waals surface area (Å²) in [7, 11) is 0. The molecule has 3 aliphatic carbocycles. The molecule has 1 aromatic carbocycles. The van der Waals surface area contributed by atoms with Gasteiger partial charge >= 0.3 is 0 Å². The Morgan fingerprint density at radius 2 is 2.04 bits per heavy atom. The summed E-state index contributed by atoms with van der Waals surface area (Å²) in [6.45, 7) is 2.04. The van der Waals surface area contributed by atoms with E-state index in [2.05, 4.69) is 0 Å². The van der Waals surface area contributed by atoms with E-state index in [1.54, 1.807) is 12.1 Å². The Hall–Kier alpha value is -1.98. The van der Waals surface area contributed by atoms with Gasteiger partial charge in [0, 0.05) is 23.1 Å². The minimum absolute atomic E-state index is 0.0329. The fourth-order valence-corrected chi connectivity index (χ4v) is 5.16. The number of phenols is 1. The Morgan fingerprint density at radius 3 is 2.83 bits per heavy atom. The molecule has 0 bridgehead atoms. The quantitative estimate of drug-likeness (QED) is 0.714. The van der Waals surface area contributed by atoms with Crippen molar-refractivity contribution in [2.24, 2.45) is 5.92 Å². The summed E-state index contributed by atoms with van der Waals surface area (Å²) in [6.07, 6.45) is 1.26. The number of phenolic OH excluding ortho intramolecular Hbond substituents is 1. The normalized spacial score (nSPS) is 39.8. The highest BCUT2D eigenvalue weighted by molar-refractivity contribution is 6.18. The highest BCUT2D eigenvalue weighted by atomic mass is 16.6. The molecular weight excluding hydrogens is 308 g/mol. The van der Waals surface area contributed by atoms with Crippen molar-refractivity contribution in [1.29, 1.82) is 0 Å². The first-order valence-electron chi connectivity index (χ1n) is 8.43. The first-order chi connectivity index (χ1) is 11.4. The van der Waals surface area contributed by atoms with Crippen LogP contribution in [0.15, 0.2) is 29.3 Å². The molecule has 5 rings (SSSR count). The number of hydrogen-bond acceptors (Lipinski definition) is 5. The summed E-state index contributed by atoms with van der Waals surface area (Å²) >= 11 is 0. The lowest BCUT2D eigenvalue weighted by atomic mass is 9.61. The molecule has 5 nitrogen and oxygen atoms in total. The maximum Gasteiger partial charge on any atom is 0.203 e. The maximum absolute atomic E-state index is 13.3. The van der Waals surface area contributed by atoms with Crippen molar-refractivity contribution in [3.8, 4) is 5.75 Å². The molecule has 1 aliphatic heterocycles. The van der Waals surface area contributed by atoms with Crippen molar-refractivity contribution in [2.75, 3.05) is 0 Å². The summed E-state index contributed by atoms with van der Waals surface area (Å²) in [4.78, 5) is 26.0. The summed E-state index contributed by atoms with van der Waals surface area (Å²) in [6, 6.07) is 4.63. The van der Waals surface area contributed by atoms with Gasteiger partial charge in [0.2, 0.25) is 5.78 Å². The highest BCUT2D eigenvalue weighted by Crippen LogP contribution is 2.70. The van der Waals surface area contributed by atoms with Gasteiger partial charge in [-0.15, -0.1) is 0 Å². The molecule has 1 saturated heterocycles. The second-order valence-electron chi connectivity index (χ2n) is 7.56. The topological polar surface area (TPSA) is 87.1 Å². The fraction of sp³-hybridized carbons (Fsp3) is 0.474. The third-order valence-electron chi connectivity index (χ3n) is 6.16. The van der Waals surface area contributed by atoms with Gasteiger partial charge in [0.05, 0.1) is 0 Å². The molecule has 2 N–H and O–H groups in total. The number of aliphatic hydroxyl groups excluding tert-OH is 1. The molecule has 0 radical (unpaired) electrons. The Labute approximate surface area is 138 Å². The van der Waals surface area contributed by atoms with E-state index >= 15 is 0 Å². The average Bonchev–Trinajstić information content (AvgIpc) is 3.24. The van der Waals surface area contributed by atoms with Crippen LogP contribution in [0.1, 0.15) is 54.6 Å². The second-order valence-corrected chi connectivity index (χ2v) is 7.56. The molecule has 1 heterocycles. The third-order valence-corrected chi connectivity index (χ3v) is 6.16. The molecule has 0 saturated carbocycles. The zero-order valence-corrected chi connectivity index (χ0v) is 13.3. The second kappa shape index (κ2) is 4.16. The van der Waals surface area contributed by atoms with Gasteiger partial charge in [0.25, 0.3) is 0 Å². The Kier molecular flexibility index (Phi) is 2.49. The molecule has 0 unspecified atom stereocenters. The van der Waals surface area contributed by atoms with Crippen molar-refractivity contribution < 1.29 is 24.5 Å². The number of aliphatic hydroxyl groups is 1. The Bertz CT molecular complexity index is 853. The Balaban J connectivity index is 1.77. The molecule has 0 amide bonds. The average molecular weight is 326 g/mol. The van der Waals surface area contributed by atoms with Crippen LogP contribution < -0.4 is 0 Å². The molecule has 0 spiro atoms. The summed E-state index contributed by atoms with van der Waals surface area (Å²) < 4.78 is 5.96. The van der Waals surface area contributed by atoms with E-state index in [1.807, 2.05) is 6.92 Å². The molecule has 5 heteroatoms. The molecule has 4 aliphatic rings. The molecule has 124 valence electrons. The van der Waals surface area contributed by atoms with Crippen LogP contribution in [-0.2, 0) is 9.53 Å². The number of benzene rings is 1. The van der Waals surface area contributed by atoms with Crippen LogP contribution in [0.4, 0.5) is 0 Å². The molecule has 1 aromatic rings. The fourth-order valence-electron chi connectivity index (χ4n) is 5.16. The van der Waals surface area contributed by atoms with Crippen LogP contribution in [0.25, 0.3) is 0 Å². The smallest absolute Gasteiger partial charge is 0.203 e. The number of rotatable bonds is 0. The van der Waals surface area contributed by atoms with Gasteiger partial charge in [-0.1, -0.05) is 24.6 Å². The van der Waals surface area contributed by atoms with Crippen LogP contribution in [0.2, 0.25) is 0 Å². The summed E-state index contributed by atoms with van der Waals surface area (Å²) in [5.74, 6) is -0.155. The van der Waals surface area contributed by atoms with E-state index < -0.39 is 17.3 Å². The number of epoxide rings is 1. The van der Waals surface area contributed by atoms with Gasteiger partial charge in [-0.3, -0.25) is 9.59 Å². The molecule has 0 aromatic heterocycles. The number of Topliss-reactive ketones (excluding diaryl/α,β-unsaturated/α-hetero) is 2. The van der Waals surface area contributed by atoms with E-state index in [0.29, 0.717) is 24.8 Å². The van der Waals surface area contributed by atoms with Gasteiger partial charge in [-0.05, 0) is 31.2 Å². The standard InChI is InChI=1S/C19H18O5/c1-9-7-10-5-6-18-17(23)14-11(3-2-4-12(14)20)16(22)19(18,24-18)15(10)13(21)8-9/h2-4,9,17,20,23H,5-8H2,1H3/t9-,17-,18-,19+/m0/s1. The van der Waals surface area contributed by atoms with Gasteiger partial charge in [0.1, 0.15) is 17.5 Å². The molecular formula is C19H18O5. The van der Waals surface area contributed by atoms with Crippen LogP contribution in [0, 0.1) is 5.92 Å². The van der Waals surface area contributed by atoms with E-state index in [9.17, 15) is 19.8 Å². The number of ketones is 2. The lowest BCUT2D eigenvalue weighted by Gasteiger charge is -2.38. The monoisotopic (exact) mass is 326 g/mol. The van der Waals surface area contributed by atoms with Crippen LogP contribution in [-0.4, -0.2) is 33.0 Å². The number of carbonyl (C=O) groups excluding carboxylic acids is 2. The number of ether oxygens (including phenoxy) is 1. The van der Waals surface area contributed by atoms with Gasteiger partial charge < -0.3 is 14.9 Å². The van der Waals surface area contributed by atoms with Crippen molar-refractivity contribution >= 4 is 11.6 Å². The molecule has 24 heavy (non-hydrogen) atoms. The number of fused-ring (bicyclic) bond motifs is 1. The maximum atomic E-state index is 13.3. The lowest BCUT2D eigenvalue weighted by molar-refractivity contribution is -0.117. The van der Waals surface area contributed by atoms with Gasteiger partial charge in [-0.25, -0.2) is 0 Å². The number of aromatic hydroxyl groups is 1. The van der Waals surface area contributed by atoms with Crippen molar-refractivity contribution in [3.63, 3.8) is 0 Å². The van der Waals surface area contributed by atoms with Gasteiger partial charge in [-0.2, -0.15) is 0 Å². The highest BCUT2D eigenvalue weighted by Gasteiger charge is 2.83. The zero-order chi connectivity index (χ0) is 16.9. The third kappa shape index (κ3) is 1.36. The molecule has 4 atom stereocenters. The summed E-state index contributed by atoms with van der Waals surface area (Å²) in [5, 5.41) is 21.0. The van der Waals surface area contributed by atoms with Crippen molar-refractivity contribution in [1.82, 2.24) is 0 Å². The predicted octanol–water partition coefficient (Wildman–Crippen LogP) is 2.22. The minimum atomic E-state index is -1.34. The van der Waals surface area contributed by atoms with E-state index in [-0.39, 0.29) is 34.4 Å². The first-order valence-corrected chi connectivity index (χ1v) is 8.43. The zero-order valence-electron chi connectivity index (χ0n) is 13.3. The number of carbonyl (C=O) groups is 2. The van der Waals surface area contributed by atoms with Crippen molar-refractivity contribution in [2.45, 2.75) is 49.9 Å². The SMILES string of the molecule is C[C@@H]1CC(=O)C2=C(CC[C@@]34O[C@@]23C(=O)c2cccc(O)c2[C@@H]4O)C1. The van der Waals surface area contributed by atoms with E-state index in [1.165, 1.54) is 6.07 Å². The first kappa shape index (κ1) is 14.4. The van der Waals surface area contributed by atoms with Crippen LogP contribution >= 0.6 is 0 Å². The lowest BCUT2D eigenvalue weighted by Crippen LogP contribution is -2.49. The van der Waals surface area contributed by atoms with Crippen LogP contribution in [0.3, 0.4) is 0 Å². The van der Waals surface area contributed by atoms with Gasteiger partial charge in [0.15, 0.2) is 11.4 Å². The van der Waals surface area contributed by atoms with Crippen molar-refractivity contribution in [3.05, 3.63) is 40.5 Å². The Morgan fingerprint density at radius 1 is 1.25 bits per heavy atom. The minimum Gasteiger partial charge on any atom is -0.508 e. The predicted molar refractivity (Wildman–Crippen MR) is 83.6 cm³/mol. The van der Waals surface area contributed by atoms with E-state index in [4.69, 9.17) is 4.74 Å². The summed E-state index contributed by atoms with van der Waals surface area (Å²) in [5.41, 5.74) is -0.434. The van der Waals surface area contributed by atoms with E-state index in [0.717, 1.165) is 12.0 Å². The number of hydrogen-bond donors (Lipinski definition) is 2. The number of allylic oxidation sites excluding steroid dienone is 1. The van der Waals surface area contributed by atoms with Crippen LogP contribution in [0.5, 0.6) is 5.75 Å². The largest absolute Gasteiger partial charge is 0.508 e. The molecule has 1 fully saturated rings.